The molecule has 0 aliphatic carbocycles. The van der Waals surface area contributed by atoms with Crippen LogP contribution in [0.5, 0.6) is 5.75 Å². The molecule has 0 atom stereocenters. The van der Waals surface area contributed by atoms with E-state index in [4.69, 9.17) is 9.76 Å². The van der Waals surface area contributed by atoms with Gasteiger partial charge in [0.1, 0.15) is 16.8 Å². The Morgan fingerprint density at radius 3 is 2.52 bits per heavy atom. The van der Waals surface area contributed by atoms with Crippen molar-refractivity contribution < 1.29 is 19.3 Å². The number of hydrogen-bond acceptors (Lipinski definition) is 5. The molecule has 8 heteroatoms. The van der Waals surface area contributed by atoms with Crippen LogP contribution >= 0.6 is 0 Å². The van der Waals surface area contributed by atoms with Gasteiger partial charge in [0.15, 0.2) is 0 Å². The fraction of sp³-hybridized carbons (Fsp3) is 0.174. The highest BCUT2D eigenvalue weighted by Gasteiger charge is 2.32. The van der Waals surface area contributed by atoms with E-state index in [1.54, 1.807) is 30.5 Å². The second kappa shape index (κ2) is 9.91. The van der Waals surface area contributed by atoms with Gasteiger partial charge in [0.2, 0.25) is 0 Å². The molecule has 0 spiro atoms. The molecule has 157 valence electrons. The van der Waals surface area contributed by atoms with Gasteiger partial charge in [0.05, 0.1) is 12.3 Å². The summed E-state index contributed by atoms with van der Waals surface area (Å²) >= 11 is 0. The van der Waals surface area contributed by atoms with Gasteiger partial charge in [-0.1, -0.05) is 43.2 Å². The summed E-state index contributed by atoms with van der Waals surface area (Å²) in [6.45, 7) is 8.31. The lowest BCUT2D eigenvalue weighted by atomic mass is 9.89. The first-order valence-corrected chi connectivity index (χ1v) is 9.85. The minimum absolute atomic E-state index is 0.0854. The number of aryl methyl sites for hydroxylation is 1. The Balaban J connectivity index is 0.000000176. The fourth-order valence-corrected chi connectivity index (χ4v) is 2.96. The lowest BCUT2D eigenvalue weighted by Crippen LogP contribution is -2.36. The summed E-state index contributed by atoms with van der Waals surface area (Å²) in [6.07, 6.45) is 2.82. The quantitative estimate of drug-likeness (QED) is 0.378. The normalized spacial score (nSPS) is 13.0. The van der Waals surface area contributed by atoms with Crippen LogP contribution in [0.3, 0.4) is 0 Å². The van der Waals surface area contributed by atoms with Crippen molar-refractivity contribution in [3.63, 3.8) is 0 Å². The molecule has 1 aliphatic rings. The smallest absolute Gasteiger partial charge is 0.326 e. The summed E-state index contributed by atoms with van der Waals surface area (Å²) in [5.41, 5.74) is 5.62. The number of hydrazine groups is 1. The van der Waals surface area contributed by atoms with Crippen LogP contribution in [0.25, 0.3) is 10.9 Å². The van der Waals surface area contributed by atoms with Gasteiger partial charge in [-0.2, -0.15) is 0 Å². The number of pyridine rings is 1. The summed E-state index contributed by atoms with van der Waals surface area (Å²) in [5.74, 6) is -0.0772. The number of hydrogen-bond donors (Lipinski definition) is 2. The molecule has 3 aromatic rings. The molecule has 2 N–H and O–H groups in total. The van der Waals surface area contributed by atoms with Crippen molar-refractivity contribution in [3.05, 3.63) is 72.4 Å². The molecule has 0 bridgehead atoms. The minimum atomic E-state index is -0.497. The number of fused-ring (bicyclic) bond motifs is 1. The third-order valence-electron chi connectivity index (χ3n) is 4.66. The van der Waals surface area contributed by atoms with Crippen molar-refractivity contribution in [2.45, 2.75) is 20.3 Å². The second-order valence-electron chi connectivity index (χ2n) is 6.91. The Bertz CT molecular complexity index is 1120. The van der Waals surface area contributed by atoms with E-state index in [9.17, 15) is 9.59 Å². The summed E-state index contributed by atoms with van der Waals surface area (Å²) in [7, 11) is 0.951. The van der Waals surface area contributed by atoms with Crippen LogP contribution in [0.15, 0.2) is 66.9 Å². The van der Waals surface area contributed by atoms with Crippen LogP contribution in [0.4, 0.5) is 5.69 Å². The average Bonchev–Trinajstić information content (AvgIpc) is 3.06. The van der Waals surface area contributed by atoms with E-state index in [1.165, 1.54) is 10.9 Å². The number of benzene rings is 2. The summed E-state index contributed by atoms with van der Waals surface area (Å²) in [5, 5.41) is 11.0. The highest BCUT2D eigenvalue weighted by Crippen LogP contribution is 2.26. The Morgan fingerprint density at radius 1 is 1.16 bits per heavy atom. The van der Waals surface area contributed by atoms with Crippen LogP contribution in [-0.4, -0.2) is 35.9 Å². The molecule has 2 aromatic carbocycles. The van der Waals surface area contributed by atoms with E-state index in [0.29, 0.717) is 11.2 Å². The van der Waals surface area contributed by atoms with Crippen LogP contribution < -0.4 is 20.6 Å². The highest BCUT2D eigenvalue weighted by molar-refractivity contribution is 6.45. The van der Waals surface area contributed by atoms with Gasteiger partial charge >= 0.3 is 7.48 Å². The number of carbonyl (C=O) groups excluding carboxylic acids is 2. The number of aromatic nitrogens is 1. The molecule has 4 rings (SSSR count). The lowest BCUT2D eigenvalue weighted by Gasteiger charge is -2.14. The average molecular weight is 416 g/mol. The largest absolute Gasteiger partial charge is 0.491 e. The monoisotopic (exact) mass is 416 g/mol. The molecule has 2 amide bonds. The third kappa shape index (κ3) is 4.92. The zero-order chi connectivity index (χ0) is 22.4. The van der Waals surface area contributed by atoms with Gasteiger partial charge in [-0.25, -0.2) is 5.01 Å². The predicted octanol–water partition coefficient (Wildman–Crippen LogP) is 2.19. The van der Waals surface area contributed by atoms with Gasteiger partial charge in [0.25, 0.3) is 11.8 Å². The van der Waals surface area contributed by atoms with Gasteiger partial charge in [-0.15, -0.1) is 0 Å². The van der Waals surface area contributed by atoms with Crippen molar-refractivity contribution in [2.75, 3.05) is 11.6 Å². The third-order valence-corrected chi connectivity index (χ3v) is 4.66. The molecule has 1 fully saturated rings. The predicted molar refractivity (Wildman–Crippen MR) is 121 cm³/mol. The molecular weight excluding hydrogens is 393 g/mol. The molecule has 0 saturated carbocycles. The van der Waals surface area contributed by atoms with Crippen molar-refractivity contribution in [2.24, 2.45) is 0 Å². The summed E-state index contributed by atoms with van der Waals surface area (Å²) < 4.78 is 5.66. The van der Waals surface area contributed by atoms with E-state index in [2.05, 4.69) is 43.0 Å². The molecule has 1 radical (unpaired) electrons. The zero-order valence-electron chi connectivity index (χ0n) is 17.5. The van der Waals surface area contributed by atoms with Crippen molar-refractivity contribution in [1.82, 2.24) is 10.4 Å². The number of anilines is 1. The first kappa shape index (κ1) is 22.0. The van der Waals surface area contributed by atoms with Crippen molar-refractivity contribution in [3.8, 4) is 5.75 Å². The first-order valence-electron chi connectivity index (χ1n) is 9.85. The second-order valence-corrected chi connectivity index (χ2v) is 6.91. The number of amides is 2. The number of nitrogens with zero attached hydrogens (tertiary/aromatic N) is 2. The maximum atomic E-state index is 11.6. The Kier molecular flexibility index (Phi) is 7.05. The maximum Gasteiger partial charge on any atom is 0.326 e. The Hall–Kier alpha value is -3.65. The van der Waals surface area contributed by atoms with Gasteiger partial charge in [-0.3, -0.25) is 20.0 Å². The standard InChI is InChI=1S/C13H15NO.C10H8BN2O3/c1-3-9-15-12-7-6-10(2)11-5-4-8-14-13(11)12;1-6-9(14)12-13(10(6)15)8-4-2-7(11-16)3-5-8/h4-8H,3,9H2,1-2H3;2-5,16H,1H2,(H,12,14). The SMILES string of the molecule is C=C1C(=O)NN(c2ccc([B]O)cc2)C1=O.CCCOc1ccc(C)c2cccnc12. The van der Waals surface area contributed by atoms with Crippen molar-refractivity contribution in [1.29, 1.82) is 0 Å². The number of nitrogens with one attached hydrogen (secondary N) is 1. The topological polar surface area (TPSA) is 91.8 Å². The molecule has 1 aliphatic heterocycles. The number of rotatable bonds is 5. The summed E-state index contributed by atoms with van der Waals surface area (Å²) in [6, 6.07) is 14.6. The van der Waals surface area contributed by atoms with Crippen LogP contribution in [-0.2, 0) is 9.59 Å². The zero-order valence-corrected chi connectivity index (χ0v) is 17.5. The first-order chi connectivity index (χ1) is 15.0. The van der Waals surface area contributed by atoms with E-state index >= 15 is 0 Å². The van der Waals surface area contributed by atoms with Crippen LogP contribution in [0.1, 0.15) is 18.9 Å². The molecule has 1 saturated heterocycles. The fourth-order valence-electron chi connectivity index (χ4n) is 2.96. The molecule has 1 aromatic heterocycles. The lowest BCUT2D eigenvalue weighted by molar-refractivity contribution is -0.117. The van der Waals surface area contributed by atoms with E-state index in [1.807, 2.05) is 12.1 Å². The van der Waals surface area contributed by atoms with Gasteiger partial charge < -0.3 is 9.76 Å². The molecule has 7 nitrogen and oxygen atoms in total. The Morgan fingerprint density at radius 2 is 1.90 bits per heavy atom. The van der Waals surface area contributed by atoms with Crippen LogP contribution in [0.2, 0.25) is 0 Å². The molecule has 31 heavy (non-hydrogen) atoms. The van der Waals surface area contributed by atoms with E-state index in [-0.39, 0.29) is 5.57 Å². The maximum absolute atomic E-state index is 11.6. The van der Waals surface area contributed by atoms with Crippen LogP contribution in [0, 0.1) is 6.92 Å². The molecule has 2 heterocycles. The number of carbonyl (C=O) groups is 2. The highest BCUT2D eigenvalue weighted by atomic mass is 16.5. The minimum Gasteiger partial charge on any atom is -0.491 e. The van der Waals surface area contributed by atoms with E-state index in [0.717, 1.165) is 36.8 Å². The van der Waals surface area contributed by atoms with Gasteiger partial charge in [0, 0.05) is 11.6 Å². The Labute approximate surface area is 181 Å². The van der Waals surface area contributed by atoms with Gasteiger partial charge in [-0.05, 0) is 43.2 Å². The van der Waals surface area contributed by atoms with E-state index < -0.39 is 11.8 Å². The van der Waals surface area contributed by atoms with Crippen molar-refractivity contribution >= 4 is 41.3 Å². The molecule has 0 unspecified atom stereocenters. The number of ether oxygens (including phenoxy) is 1. The summed E-state index contributed by atoms with van der Waals surface area (Å²) in [4.78, 5) is 27.1. The molecular formula is C23H23BN3O4.